The molecule has 0 atom stereocenters. The van der Waals surface area contributed by atoms with Gasteiger partial charge in [-0.15, -0.1) is 12.4 Å². The molecule has 0 aromatic heterocycles. The molecule has 0 bridgehead atoms. The Labute approximate surface area is 80.5 Å². The van der Waals surface area contributed by atoms with Crippen molar-refractivity contribution in [3.05, 3.63) is 0 Å². The van der Waals surface area contributed by atoms with E-state index in [-0.39, 0.29) is 42.0 Å². The molecular formula is C5H15ClNNa. The van der Waals surface area contributed by atoms with Gasteiger partial charge in [-0.3, -0.25) is 0 Å². The summed E-state index contributed by atoms with van der Waals surface area (Å²) >= 11 is 0. The Hall–Kier alpha value is 1.25. The van der Waals surface area contributed by atoms with Crippen LogP contribution in [0.1, 0.15) is 13.3 Å². The van der Waals surface area contributed by atoms with Crippen molar-refractivity contribution in [2.24, 2.45) is 0 Å². The minimum atomic E-state index is 0. The van der Waals surface area contributed by atoms with Crippen LogP contribution in [0.2, 0.25) is 0 Å². The van der Waals surface area contributed by atoms with Gasteiger partial charge in [0, 0.05) is 0 Å². The van der Waals surface area contributed by atoms with Crippen molar-refractivity contribution in [1.82, 2.24) is 4.90 Å². The molecule has 0 unspecified atom stereocenters. The van der Waals surface area contributed by atoms with Crippen molar-refractivity contribution in [3.8, 4) is 0 Å². The number of hydrogen-bond donors (Lipinski definition) is 0. The van der Waals surface area contributed by atoms with E-state index in [9.17, 15) is 0 Å². The Kier molecular flexibility index (Phi) is 22.4. The van der Waals surface area contributed by atoms with Crippen LogP contribution in [0, 0.1) is 0 Å². The standard InChI is InChI=1S/C5H13N.ClH.Na.H/c1-4-5-6(2)3;;;/h4-5H2,1-3H3;1H;;. The van der Waals surface area contributed by atoms with Crippen LogP contribution in [0.4, 0.5) is 0 Å². The Morgan fingerprint density at radius 3 is 1.62 bits per heavy atom. The summed E-state index contributed by atoms with van der Waals surface area (Å²) in [4.78, 5) is 2.18. The Morgan fingerprint density at radius 1 is 1.25 bits per heavy atom. The van der Waals surface area contributed by atoms with E-state index in [1.54, 1.807) is 0 Å². The molecule has 8 heavy (non-hydrogen) atoms. The summed E-state index contributed by atoms with van der Waals surface area (Å²) in [6, 6.07) is 0. The van der Waals surface area contributed by atoms with Crippen molar-refractivity contribution in [3.63, 3.8) is 0 Å². The van der Waals surface area contributed by atoms with Gasteiger partial charge in [0.2, 0.25) is 0 Å². The second-order valence-electron chi connectivity index (χ2n) is 1.80. The van der Waals surface area contributed by atoms with Gasteiger partial charge in [0.1, 0.15) is 0 Å². The third kappa shape index (κ3) is 15.7. The summed E-state index contributed by atoms with van der Waals surface area (Å²) < 4.78 is 0. The van der Waals surface area contributed by atoms with Crippen molar-refractivity contribution in [2.45, 2.75) is 13.3 Å². The summed E-state index contributed by atoms with van der Waals surface area (Å²) in [6.45, 7) is 3.39. The second kappa shape index (κ2) is 11.1. The molecule has 3 heteroatoms. The molecule has 0 aromatic rings. The average Bonchev–Trinajstić information content (AvgIpc) is 1.35. The molecule has 0 saturated carbocycles. The predicted octanol–water partition coefficient (Wildman–Crippen LogP) is 0.731. The van der Waals surface area contributed by atoms with E-state index in [1.807, 2.05) is 0 Å². The van der Waals surface area contributed by atoms with Crippen LogP contribution in [-0.4, -0.2) is 55.1 Å². The second-order valence-corrected chi connectivity index (χ2v) is 1.80. The number of hydrogen-bond acceptors (Lipinski definition) is 1. The van der Waals surface area contributed by atoms with Crippen LogP contribution in [0.5, 0.6) is 0 Å². The summed E-state index contributed by atoms with van der Waals surface area (Å²) in [6.07, 6.45) is 1.26. The van der Waals surface area contributed by atoms with Crippen molar-refractivity contribution >= 4 is 42.0 Å². The molecule has 48 valence electrons. The monoisotopic (exact) mass is 147 g/mol. The van der Waals surface area contributed by atoms with E-state index >= 15 is 0 Å². The van der Waals surface area contributed by atoms with Crippen LogP contribution < -0.4 is 0 Å². The third-order valence-electron chi connectivity index (χ3n) is 0.671. The van der Waals surface area contributed by atoms with Gasteiger partial charge in [-0.1, -0.05) is 6.92 Å². The van der Waals surface area contributed by atoms with Crippen LogP contribution in [0.3, 0.4) is 0 Å². The summed E-state index contributed by atoms with van der Waals surface area (Å²) in [7, 11) is 4.17. The molecule has 0 radical (unpaired) electrons. The third-order valence-corrected chi connectivity index (χ3v) is 0.671. The molecule has 1 nitrogen and oxygen atoms in total. The number of halogens is 1. The van der Waals surface area contributed by atoms with Gasteiger partial charge in [0.05, 0.1) is 0 Å². The molecule has 0 fully saturated rings. The molecule has 0 aliphatic heterocycles. The van der Waals surface area contributed by atoms with E-state index in [0.29, 0.717) is 0 Å². The van der Waals surface area contributed by atoms with Gasteiger partial charge < -0.3 is 4.90 Å². The first-order valence-electron chi connectivity index (χ1n) is 2.42. The van der Waals surface area contributed by atoms with Crippen molar-refractivity contribution in [1.29, 1.82) is 0 Å². The molecule has 0 aliphatic rings. The van der Waals surface area contributed by atoms with E-state index < -0.39 is 0 Å². The Bertz CT molecular complexity index is 33.6. The topological polar surface area (TPSA) is 3.24 Å². The van der Waals surface area contributed by atoms with Gasteiger partial charge in [-0.25, -0.2) is 0 Å². The summed E-state index contributed by atoms with van der Waals surface area (Å²) in [5, 5.41) is 0. The fraction of sp³-hybridized carbons (Fsp3) is 1.00. The first kappa shape index (κ1) is 16.1. The van der Waals surface area contributed by atoms with Gasteiger partial charge in [-0.2, -0.15) is 0 Å². The van der Waals surface area contributed by atoms with E-state index in [2.05, 4.69) is 25.9 Å². The predicted molar refractivity (Wildman–Crippen MR) is 43.2 cm³/mol. The van der Waals surface area contributed by atoms with E-state index in [1.165, 1.54) is 13.0 Å². The van der Waals surface area contributed by atoms with Crippen molar-refractivity contribution in [2.75, 3.05) is 20.6 Å². The fourth-order valence-corrected chi connectivity index (χ4v) is 0.447. The molecule has 0 spiro atoms. The van der Waals surface area contributed by atoms with Gasteiger partial charge >= 0.3 is 29.6 Å². The summed E-state index contributed by atoms with van der Waals surface area (Å²) in [5.41, 5.74) is 0. The Morgan fingerprint density at radius 2 is 1.62 bits per heavy atom. The molecular weight excluding hydrogens is 133 g/mol. The van der Waals surface area contributed by atoms with Gasteiger partial charge in [-0.05, 0) is 27.1 Å². The van der Waals surface area contributed by atoms with Crippen LogP contribution >= 0.6 is 12.4 Å². The minimum absolute atomic E-state index is 0. The zero-order valence-electron chi connectivity index (χ0n) is 5.27. The normalized spacial score (nSPS) is 7.50. The van der Waals surface area contributed by atoms with Crippen LogP contribution in [0.25, 0.3) is 0 Å². The average molecular weight is 148 g/mol. The molecule has 0 amide bonds. The zero-order valence-corrected chi connectivity index (χ0v) is 6.09. The van der Waals surface area contributed by atoms with E-state index in [0.717, 1.165) is 0 Å². The first-order chi connectivity index (χ1) is 2.77. The van der Waals surface area contributed by atoms with Crippen LogP contribution in [-0.2, 0) is 0 Å². The molecule has 0 saturated heterocycles. The number of rotatable bonds is 2. The maximum atomic E-state index is 2.18. The van der Waals surface area contributed by atoms with Gasteiger partial charge in [0.25, 0.3) is 0 Å². The molecule has 0 rings (SSSR count). The quantitative estimate of drug-likeness (QED) is 0.521. The maximum absolute atomic E-state index is 2.18. The SMILES string of the molecule is CCCN(C)C.Cl.[NaH]. The van der Waals surface area contributed by atoms with Gasteiger partial charge in [0.15, 0.2) is 0 Å². The molecule has 0 N–H and O–H groups in total. The van der Waals surface area contributed by atoms with E-state index in [4.69, 9.17) is 0 Å². The van der Waals surface area contributed by atoms with Crippen LogP contribution in [0.15, 0.2) is 0 Å². The fourth-order valence-electron chi connectivity index (χ4n) is 0.447. The zero-order chi connectivity index (χ0) is 4.99. The molecule has 0 aliphatic carbocycles. The first-order valence-corrected chi connectivity index (χ1v) is 2.42. The molecule has 0 aromatic carbocycles. The Balaban J connectivity index is -0.000000125. The van der Waals surface area contributed by atoms with Crippen molar-refractivity contribution < 1.29 is 0 Å². The summed E-state index contributed by atoms with van der Waals surface area (Å²) in [5.74, 6) is 0. The number of nitrogens with zero attached hydrogens (tertiary/aromatic N) is 1. The molecule has 0 heterocycles.